The van der Waals surface area contributed by atoms with Crippen molar-refractivity contribution in [3.05, 3.63) is 10.9 Å². The number of aryl methyl sites for hydroxylation is 1. The summed E-state index contributed by atoms with van der Waals surface area (Å²) in [6.07, 6.45) is 6.23. The number of anilines is 2. The van der Waals surface area contributed by atoms with Crippen LogP contribution in [0.4, 0.5) is 11.8 Å². The van der Waals surface area contributed by atoms with Gasteiger partial charge >= 0.3 is 0 Å². The van der Waals surface area contributed by atoms with Gasteiger partial charge in [-0.2, -0.15) is 4.98 Å². The molecule has 1 aliphatic carbocycles. The molecule has 3 rings (SSSR count). The predicted molar refractivity (Wildman–Crippen MR) is 91.4 cm³/mol. The van der Waals surface area contributed by atoms with Crippen molar-refractivity contribution >= 4 is 33.3 Å². The lowest BCUT2D eigenvalue weighted by molar-refractivity contribution is 0.333. The first kappa shape index (κ1) is 14.6. The van der Waals surface area contributed by atoms with Crippen LogP contribution < -0.4 is 10.6 Å². The number of fused-ring (bicyclic) bond motifs is 1. The zero-order chi connectivity index (χ0) is 14.7. The fraction of sp³-hybridized carbons (Fsp3) is 0.625. The van der Waals surface area contributed by atoms with Gasteiger partial charge in [-0.1, -0.05) is 20.3 Å². The van der Waals surface area contributed by atoms with Crippen molar-refractivity contribution in [1.29, 1.82) is 0 Å². The van der Waals surface area contributed by atoms with Crippen LogP contribution in [-0.4, -0.2) is 23.1 Å². The van der Waals surface area contributed by atoms with Crippen LogP contribution in [0.25, 0.3) is 10.2 Å². The molecule has 2 aromatic rings. The van der Waals surface area contributed by atoms with E-state index in [9.17, 15) is 0 Å². The Morgan fingerprint density at radius 1 is 1.24 bits per heavy atom. The summed E-state index contributed by atoms with van der Waals surface area (Å²) in [5, 5.41) is 8.05. The molecular formula is C16H24N4S. The van der Waals surface area contributed by atoms with Gasteiger partial charge < -0.3 is 10.6 Å². The van der Waals surface area contributed by atoms with Gasteiger partial charge in [0.1, 0.15) is 10.6 Å². The van der Waals surface area contributed by atoms with Crippen LogP contribution in [-0.2, 0) is 6.42 Å². The molecule has 1 aliphatic rings. The zero-order valence-corrected chi connectivity index (χ0v) is 13.7. The van der Waals surface area contributed by atoms with Crippen LogP contribution in [0.15, 0.2) is 6.07 Å². The van der Waals surface area contributed by atoms with Gasteiger partial charge in [0.2, 0.25) is 5.95 Å². The Morgan fingerprint density at radius 2 is 2.10 bits per heavy atom. The van der Waals surface area contributed by atoms with Gasteiger partial charge in [-0.3, -0.25) is 0 Å². The minimum Gasteiger partial charge on any atom is -0.369 e. The van der Waals surface area contributed by atoms with Crippen LogP contribution in [0.3, 0.4) is 0 Å². The Bertz CT molecular complexity index is 604. The molecule has 2 aromatic heterocycles. The molecule has 114 valence electrons. The van der Waals surface area contributed by atoms with Crippen LogP contribution >= 0.6 is 11.3 Å². The average molecular weight is 304 g/mol. The molecule has 0 unspecified atom stereocenters. The van der Waals surface area contributed by atoms with Crippen LogP contribution in [0, 0.1) is 5.92 Å². The Kier molecular flexibility index (Phi) is 4.58. The third-order valence-electron chi connectivity index (χ3n) is 4.11. The molecule has 2 heterocycles. The molecule has 0 spiro atoms. The van der Waals surface area contributed by atoms with E-state index in [1.54, 1.807) is 11.3 Å². The first-order chi connectivity index (χ1) is 10.3. The van der Waals surface area contributed by atoms with Gasteiger partial charge in [0, 0.05) is 18.0 Å². The standard InChI is InChI=1S/C16H24N4S/c1-3-8-17-16-19-14(18-10-11-6-5-7-11)13-9-12(4-2)21-15(13)20-16/h9,11H,3-8,10H2,1-2H3,(H2,17,18,19,20). The molecular weight excluding hydrogens is 280 g/mol. The molecule has 0 bridgehead atoms. The quantitative estimate of drug-likeness (QED) is 0.801. The first-order valence-electron chi connectivity index (χ1n) is 8.08. The highest BCUT2D eigenvalue weighted by Gasteiger charge is 2.18. The van der Waals surface area contributed by atoms with Gasteiger partial charge in [0.05, 0.1) is 5.39 Å². The number of nitrogens with zero attached hydrogens (tertiary/aromatic N) is 2. The number of aromatic nitrogens is 2. The summed E-state index contributed by atoms with van der Waals surface area (Å²) in [7, 11) is 0. The van der Waals surface area contributed by atoms with Gasteiger partial charge in [-0.05, 0) is 37.7 Å². The molecule has 5 heteroatoms. The first-order valence-corrected chi connectivity index (χ1v) is 8.90. The molecule has 0 saturated heterocycles. The Morgan fingerprint density at radius 3 is 2.76 bits per heavy atom. The van der Waals surface area contributed by atoms with E-state index in [4.69, 9.17) is 0 Å². The number of thiophene rings is 1. The second-order valence-electron chi connectivity index (χ2n) is 5.79. The van der Waals surface area contributed by atoms with Crippen molar-refractivity contribution in [2.75, 3.05) is 23.7 Å². The second-order valence-corrected chi connectivity index (χ2v) is 6.90. The number of rotatable bonds is 7. The zero-order valence-electron chi connectivity index (χ0n) is 12.9. The largest absolute Gasteiger partial charge is 0.369 e. The van der Waals surface area contributed by atoms with E-state index in [1.807, 2.05) is 0 Å². The summed E-state index contributed by atoms with van der Waals surface area (Å²) in [5.41, 5.74) is 0. The van der Waals surface area contributed by atoms with E-state index in [-0.39, 0.29) is 0 Å². The number of hydrogen-bond donors (Lipinski definition) is 2. The van der Waals surface area contributed by atoms with Crippen molar-refractivity contribution in [3.63, 3.8) is 0 Å². The topological polar surface area (TPSA) is 49.8 Å². The maximum Gasteiger partial charge on any atom is 0.226 e. The van der Waals surface area contributed by atoms with E-state index in [0.29, 0.717) is 0 Å². The molecule has 0 aliphatic heterocycles. The fourth-order valence-electron chi connectivity index (χ4n) is 2.53. The highest BCUT2D eigenvalue weighted by atomic mass is 32.1. The van der Waals surface area contributed by atoms with Crippen molar-refractivity contribution in [3.8, 4) is 0 Å². The Labute approximate surface area is 130 Å². The minimum atomic E-state index is 0.755. The summed E-state index contributed by atoms with van der Waals surface area (Å²) in [5.74, 6) is 2.58. The van der Waals surface area contributed by atoms with Crippen molar-refractivity contribution in [1.82, 2.24) is 9.97 Å². The van der Waals surface area contributed by atoms with E-state index >= 15 is 0 Å². The smallest absolute Gasteiger partial charge is 0.226 e. The van der Waals surface area contributed by atoms with Crippen molar-refractivity contribution < 1.29 is 0 Å². The number of hydrogen-bond acceptors (Lipinski definition) is 5. The van der Waals surface area contributed by atoms with Gasteiger partial charge in [-0.25, -0.2) is 4.98 Å². The van der Waals surface area contributed by atoms with Crippen LogP contribution in [0.5, 0.6) is 0 Å². The molecule has 0 atom stereocenters. The Balaban J connectivity index is 1.86. The SMILES string of the molecule is CCCNc1nc(NCC2CCC2)c2cc(CC)sc2n1. The van der Waals surface area contributed by atoms with Crippen LogP contribution in [0.2, 0.25) is 0 Å². The van der Waals surface area contributed by atoms with Crippen molar-refractivity contribution in [2.24, 2.45) is 5.92 Å². The maximum atomic E-state index is 4.69. The molecule has 0 amide bonds. The third kappa shape index (κ3) is 3.28. The summed E-state index contributed by atoms with van der Waals surface area (Å²) in [6, 6.07) is 2.24. The lowest BCUT2D eigenvalue weighted by Gasteiger charge is -2.25. The van der Waals surface area contributed by atoms with Crippen molar-refractivity contribution in [2.45, 2.75) is 46.0 Å². The molecule has 0 radical (unpaired) electrons. The van der Waals surface area contributed by atoms with E-state index in [0.717, 1.165) is 48.4 Å². The lowest BCUT2D eigenvalue weighted by Crippen LogP contribution is -2.21. The fourth-order valence-corrected chi connectivity index (χ4v) is 3.50. The maximum absolute atomic E-state index is 4.69. The summed E-state index contributed by atoms with van der Waals surface area (Å²) < 4.78 is 0. The second kappa shape index (κ2) is 6.60. The Hall–Kier alpha value is -1.36. The predicted octanol–water partition coefficient (Wildman–Crippen LogP) is 4.29. The third-order valence-corrected chi connectivity index (χ3v) is 5.28. The van der Waals surface area contributed by atoms with E-state index in [1.165, 1.54) is 29.5 Å². The van der Waals surface area contributed by atoms with Crippen LogP contribution in [0.1, 0.15) is 44.4 Å². The molecule has 21 heavy (non-hydrogen) atoms. The molecule has 2 N–H and O–H groups in total. The van der Waals surface area contributed by atoms with E-state index < -0.39 is 0 Å². The van der Waals surface area contributed by atoms with Gasteiger partial charge in [0.15, 0.2) is 0 Å². The average Bonchev–Trinajstić information content (AvgIpc) is 2.86. The monoisotopic (exact) mass is 304 g/mol. The van der Waals surface area contributed by atoms with Gasteiger partial charge in [0.25, 0.3) is 0 Å². The number of nitrogens with one attached hydrogen (secondary N) is 2. The minimum absolute atomic E-state index is 0.755. The molecule has 1 saturated carbocycles. The summed E-state index contributed by atoms with van der Waals surface area (Å²) >= 11 is 1.78. The molecule has 0 aromatic carbocycles. The highest BCUT2D eigenvalue weighted by molar-refractivity contribution is 7.18. The molecule has 4 nitrogen and oxygen atoms in total. The summed E-state index contributed by atoms with van der Waals surface area (Å²) in [6.45, 7) is 6.30. The van der Waals surface area contributed by atoms with E-state index in [2.05, 4.69) is 40.5 Å². The highest BCUT2D eigenvalue weighted by Crippen LogP contribution is 2.32. The van der Waals surface area contributed by atoms with Gasteiger partial charge in [-0.15, -0.1) is 11.3 Å². The summed E-state index contributed by atoms with van der Waals surface area (Å²) in [4.78, 5) is 11.8. The normalized spacial score (nSPS) is 15.1. The lowest BCUT2D eigenvalue weighted by atomic mass is 9.85. The molecule has 1 fully saturated rings.